The van der Waals surface area contributed by atoms with E-state index in [1.807, 2.05) is 6.07 Å². The molecule has 0 amide bonds. The van der Waals surface area contributed by atoms with Gasteiger partial charge in [0.25, 0.3) is 0 Å². The highest BCUT2D eigenvalue weighted by molar-refractivity contribution is 6.42. The number of hydrogen-bond donors (Lipinski definition) is 1. The summed E-state index contributed by atoms with van der Waals surface area (Å²) in [4.78, 5) is 0. The third kappa shape index (κ3) is 1.75. The molecule has 0 heterocycles. The molecule has 16 heavy (non-hydrogen) atoms. The van der Waals surface area contributed by atoms with Crippen molar-refractivity contribution >= 4 is 23.2 Å². The fraction of sp³-hybridized carbons (Fsp3) is 0.538. The second kappa shape index (κ2) is 3.90. The van der Waals surface area contributed by atoms with Gasteiger partial charge in [0.05, 0.1) is 15.6 Å². The lowest BCUT2D eigenvalue weighted by Gasteiger charge is -2.37. The van der Waals surface area contributed by atoms with Gasteiger partial charge in [0.2, 0.25) is 0 Å². The van der Waals surface area contributed by atoms with Crippen LogP contribution < -0.4 is 0 Å². The van der Waals surface area contributed by atoms with E-state index in [4.69, 9.17) is 23.2 Å². The lowest BCUT2D eigenvalue weighted by Crippen LogP contribution is -2.36. The van der Waals surface area contributed by atoms with Gasteiger partial charge in [0.1, 0.15) is 0 Å². The first kappa shape index (κ1) is 12.2. The highest BCUT2D eigenvalue weighted by atomic mass is 35.5. The number of rotatable bonds is 1. The molecule has 88 valence electrons. The van der Waals surface area contributed by atoms with Crippen LogP contribution in [0.5, 0.6) is 0 Å². The molecule has 0 bridgehead atoms. The molecule has 0 aliphatic heterocycles. The highest BCUT2D eigenvalue weighted by Crippen LogP contribution is 2.52. The van der Waals surface area contributed by atoms with Gasteiger partial charge in [-0.1, -0.05) is 43.1 Å². The summed E-state index contributed by atoms with van der Waals surface area (Å²) < 4.78 is 0. The molecule has 1 fully saturated rings. The van der Waals surface area contributed by atoms with E-state index >= 15 is 0 Å². The zero-order valence-electron chi connectivity index (χ0n) is 9.56. The van der Waals surface area contributed by atoms with E-state index < -0.39 is 5.60 Å². The van der Waals surface area contributed by atoms with Gasteiger partial charge in [0.15, 0.2) is 0 Å². The third-order valence-corrected chi connectivity index (χ3v) is 4.60. The summed E-state index contributed by atoms with van der Waals surface area (Å²) in [5.41, 5.74) is -0.00447. The largest absolute Gasteiger partial charge is 0.385 e. The number of halogens is 2. The van der Waals surface area contributed by atoms with Gasteiger partial charge in [0, 0.05) is 0 Å². The molecule has 0 aromatic heterocycles. The Balaban J connectivity index is 2.47. The lowest BCUT2D eigenvalue weighted by atomic mass is 9.73. The first-order valence-electron chi connectivity index (χ1n) is 5.55. The lowest BCUT2D eigenvalue weighted by molar-refractivity contribution is -0.0485. The van der Waals surface area contributed by atoms with E-state index in [0.29, 0.717) is 10.0 Å². The van der Waals surface area contributed by atoms with Crippen molar-refractivity contribution in [1.29, 1.82) is 0 Å². The minimum atomic E-state index is -0.777. The predicted octanol–water partition coefficient (Wildman–Crippen LogP) is 4.39. The molecule has 3 heteroatoms. The molecule has 1 nitrogen and oxygen atoms in total. The van der Waals surface area contributed by atoms with Crippen LogP contribution in [0.2, 0.25) is 10.0 Å². The van der Waals surface area contributed by atoms with Gasteiger partial charge < -0.3 is 5.11 Å². The van der Waals surface area contributed by atoms with Crippen molar-refractivity contribution in [3.63, 3.8) is 0 Å². The summed E-state index contributed by atoms with van der Waals surface area (Å²) in [5, 5.41) is 11.8. The van der Waals surface area contributed by atoms with E-state index in [9.17, 15) is 5.11 Å². The molecule has 1 saturated carbocycles. The molecule has 1 unspecified atom stereocenters. The summed E-state index contributed by atoms with van der Waals surface area (Å²) in [6.45, 7) is 4.20. The van der Waals surface area contributed by atoms with E-state index in [2.05, 4.69) is 13.8 Å². The average molecular weight is 259 g/mol. The summed E-state index contributed by atoms with van der Waals surface area (Å²) in [6.07, 6.45) is 2.87. The Morgan fingerprint density at radius 2 is 1.81 bits per heavy atom. The highest BCUT2D eigenvalue weighted by Gasteiger charge is 2.48. The van der Waals surface area contributed by atoms with Crippen LogP contribution in [0.25, 0.3) is 0 Å². The molecule has 1 aromatic carbocycles. The van der Waals surface area contributed by atoms with Gasteiger partial charge in [-0.3, -0.25) is 0 Å². The molecule has 1 aromatic rings. The van der Waals surface area contributed by atoms with Gasteiger partial charge in [-0.05, 0) is 42.4 Å². The minimum Gasteiger partial charge on any atom is -0.385 e. The molecule has 0 radical (unpaired) electrons. The van der Waals surface area contributed by atoms with Gasteiger partial charge >= 0.3 is 0 Å². The Labute approximate surface area is 106 Å². The Morgan fingerprint density at radius 1 is 1.12 bits per heavy atom. The molecule has 1 atom stereocenters. The van der Waals surface area contributed by atoms with Crippen molar-refractivity contribution in [3.05, 3.63) is 33.8 Å². The number of aliphatic hydroxyl groups is 1. The first-order chi connectivity index (χ1) is 7.37. The van der Waals surface area contributed by atoms with E-state index in [1.54, 1.807) is 12.1 Å². The SMILES string of the molecule is CC1(C)CCCC1(O)c1ccc(Cl)c(Cl)c1. The topological polar surface area (TPSA) is 20.2 Å². The van der Waals surface area contributed by atoms with Crippen LogP contribution in [0.15, 0.2) is 18.2 Å². The quantitative estimate of drug-likeness (QED) is 0.792. The second-order valence-electron chi connectivity index (χ2n) is 5.23. The van der Waals surface area contributed by atoms with Crippen molar-refractivity contribution in [2.75, 3.05) is 0 Å². The molecule has 1 N–H and O–H groups in total. The molecule has 0 saturated heterocycles. The summed E-state index contributed by atoms with van der Waals surface area (Å²) >= 11 is 11.9. The van der Waals surface area contributed by atoms with Crippen molar-refractivity contribution in [1.82, 2.24) is 0 Å². The summed E-state index contributed by atoms with van der Waals surface area (Å²) in [5.74, 6) is 0. The Morgan fingerprint density at radius 3 is 2.31 bits per heavy atom. The maximum absolute atomic E-state index is 10.8. The maximum Gasteiger partial charge on any atom is 0.0947 e. The van der Waals surface area contributed by atoms with Gasteiger partial charge in [-0.2, -0.15) is 0 Å². The van der Waals surface area contributed by atoms with Crippen LogP contribution in [0.4, 0.5) is 0 Å². The Kier molecular flexibility index (Phi) is 2.98. The van der Waals surface area contributed by atoms with Crippen LogP contribution in [-0.4, -0.2) is 5.11 Å². The molecule has 1 aliphatic carbocycles. The second-order valence-corrected chi connectivity index (χ2v) is 6.04. The monoisotopic (exact) mass is 258 g/mol. The zero-order chi connectivity index (χ0) is 12.0. The van der Waals surface area contributed by atoms with Crippen molar-refractivity contribution in [3.8, 4) is 0 Å². The fourth-order valence-corrected chi connectivity index (χ4v) is 2.92. The smallest absolute Gasteiger partial charge is 0.0947 e. The third-order valence-electron chi connectivity index (χ3n) is 3.86. The Hall–Kier alpha value is -0.240. The van der Waals surface area contributed by atoms with Crippen molar-refractivity contribution < 1.29 is 5.11 Å². The van der Waals surface area contributed by atoms with E-state index in [1.165, 1.54) is 0 Å². The van der Waals surface area contributed by atoms with Crippen molar-refractivity contribution in [2.24, 2.45) is 5.41 Å². The summed E-state index contributed by atoms with van der Waals surface area (Å²) in [7, 11) is 0. The molecule has 2 rings (SSSR count). The summed E-state index contributed by atoms with van der Waals surface area (Å²) in [6, 6.07) is 5.42. The fourth-order valence-electron chi connectivity index (χ4n) is 2.62. The van der Waals surface area contributed by atoms with Crippen LogP contribution in [0.3, 0.4) is 0 Å². The molecule has 1 aliphatic rings. The number of hydrogen-bond acceptors (Lipinski definition) is 1. The average Bonchev–Trinajstić information content (AvgIpc) is 2.47. The van der Waals surface area contributed by atoms with E-state index in [0.717, 1.165) is 24.8 Å². The van der Waals surface area contributed by atoms with Crippen LogP contribution in [0, 0.1) is 5.41 Å². The molecular formula is C13H16Cl2O. The Bertz CT molecular complexity index is 414. The molecular weight excluding hydrogens is 243 g/mol. The van der Waals surface area contributed by atoms with Crippen LogP contribution in [0.1, 0.15) is 38.7 Å². The van der Waals surface area contributed by atoms with Gasteiger partial charge in [-0.15, -0.1) is 0 Å². The maximum atomic E-state index is 10.8. The normalized spacial score (nSPS) is 28.3. The number of benzene rings is 1. The van der Waals surface area contributed by atoms with Crippen molar-refractivity contribution in [2.45, 2.75) is 38.7 Å². The predicted molar refractivity (Wildman–Crippen MR) is 68.0 cm³/mol. The standard InChI is InChI=1S/C13H16Cl2O/c1-12(2)6-3-7-13(12,16)9-4-5-10(14)11(15)8-9/h4-5,8,16H,3,6-7H2,1-2H3. The van der Waals surface area contributed by atoms with Crippen LogP contribution in [-0.2, 0) is 5.60 Å². The minimum absolute atomic E-state index is 0.107. The zero-order valence-corrected chi connectivity index (χ0v) is 11.1. The van der Waals surface area contributed by atoms with E-state index in [-0.39, 0.29) is 5.41 Å². The molecule has 0 spiro atoms. The van der Waals surface area contributed by atoms with Gasteiger partial charge in [-0.25, -0.2) is 0 Å². The first-order valence-corrected chi connectivity index (χ1v) is 6.30. The van der Waals surface area contributed by atoms with Crippen LogP contribution >= 0.6 is 23.2 Å².